The summed E-state index contributed by atoms with van der Waals surface area (Å²) in [4.78, 5) is -0.552. The Labute approximate surface area is 180 Å². The van der Waals surface area contributed by atoms with Crippen LogP contribution >= 0.6 is 11.6 Å². The van der Waals surface area contributed by atoms with Gasteiger partial charge < -0.3 is 4.74 Å². The Balaban J connectivity index is 1.84. The zero-order valence-corrected chi connectivity index (χ0v) is 17.2. The molecule has 3 aromatic carbocycles. The van der Waals surface area contributed by atoms with Crippen molar-refractivity contribution in [2.45, 2.75) is 11.1 Å². The maximum absolute atomic E-state index is 14.8. The van der Waals surface area contributed by atoms with Gasteiger partial charge >= 0.3 is 6.18 Å². The summed E-state index contributed by atoms with van der Waals surface area (Å²) >= 11 is 5.99. The first kappa shape index (κ1) is 21.5. The van der Waals surface area contributed by atoms with Crippen LogP contribution in [-0.2, 0) is 16.2 Å². The van der Waals surface area contributed by atoms with Crippen LogP contribution < -0.4 is 9.04 Å². The predicted octanol–water partition coefficient (Wildman–Crippen LogP) is 5.75. The minimum absolute atomic E-state index is 0.0985. The Morgan fingerprint density at radius 3 is 2.42 bits per heavy atom. The zero-order valence-electron chi connectivity index (χ0n) is 15.7. The largest absolute Gasteiger partial charge is 0.486 e. The predicted molar refractivity (Wildman–Crippen MR) is 108 cm³/mol. The molecule has 31 heavy (non-hydrogen) atoms. The highest BCUT2D eigenvalue weighted by molar-refractivity contribution is 7.92. The molecule has 0 aliphatic carbocycles. The van der Waals surface area contributed by atoms with Gasteiger partial charge in [-0.3, -0.25) is 4.31 Å². The molecule has 0 amide bonds. The van der Waals surface area contributed by atoms with E-state index in [9.17, 15) is 26.0 Å². The summed E-state index contributed by atoms with van der Waals surface area (Å²) in [6.45, 7) is -0.345. The molecular weight excluding hydrogens is 458 g/mol. The fraction of sp³-hybridized carbons (Fsp3) is 0.143. The van der Waals surface area contributed by atoms with Gasteiger partial charge in [0.25, 0.3) is 10.0 Å². The molecule has 0 atom stereocenters. The lowest BCUT2D eigenvalue weighted by Gasteiger charge is -2.31. The number of nitrogens with zero attached hydrogens (tertiary/aromatic N) is 1. The van der Waals surface area contributed by atoms with Crippen molar-refractivity contribution in [2.75, 3.05) is 17.5 Å². The molecule has 10 heteroatoms. The topological polar surface area (TPSA) is 46.6 Å². The van der Waals surface area contributed by atoms with Crippen LogP contribution in [0.15, 0.2) is 65.6 Å². The number of rotatable bonds is 3. The van der Waals surface area contributed by atoms with E-state index in [4.69, 9.17) is 16.3 Å². The Morgan fingerprint density at radius 1 is 0.968 bits per heavy atom. The number of halogens is 5. The third-order valence-electron chi connectivity index (χ3n) is 4.74. The lowest BCUT2D eigenvalue weighted by molar-refractivity contribution is -0.137. The molecule has 1 aliphatic rings. The molecule has 0 spiro atoms. The van der Waals surface area contributed by atoms with E-state index >= 15 is 0 Å². The maximum Gasteiger partial charge on any atom is 0.416 e. The fourth-order valence-electron chi connectivity index (χ4n) is 3.30. The minimum Gasteiger partial charge on any atom is -0.486 e. The molecule has 1 heterocycles. The summed E-state index contributed by atoms with van der Waals surface area (Å²) in [5.74, 6) is -1.08. The Morgan fingerprint density at radius 2 is 1.71 bits per heavy atom. The lowest BCUT2D eigenvalue weighted by atomic mass is 10.0. The second-order valence-electron chi connectivity index (χ2n) is 6.77. The van der Waals surface area contributed by atoms with Gasteiger partial charge in [0, 0.05) is 5.02 Å². The second-order valence-corrected chi connectivity index (χ2v) is 9.07. The van der Waals surface area contributed by atoms with Crippen LogP contribution in [0.3, 0.4) is 0 Å². The molecule has 162 valence electrons. The summed E-state index contributed by atoms with van der Waals surface area (Å²) in [5, 5.41) is 0.403. The third-order valence-corrected chi connectivity index (χ3v) is 6.79. The molecule has 4 nitrogen and oxygen atoms in total. The number of alkyl halides is 3. The van der Waals surface area contributed by atoms with Crippen molar-refractivity contribution in [3.8, 4) is 16.9 Å². The molecule has 0 radical (unpaired) electrons. The highest BCUT2D eigenvalue weighted by Gasteiger charge is 2.35. The Hall–Kier alpha value is -2.78. The van der Waals surface area contributed by atoms with Crippen molar-refractivity contribution < 1.29 is 30.7 Å². The standard InChI is InChI=1S/C21H14ClF4NO3S/c22-16-5-1-3-13(9-16)14-10-18(23)20-19(11-14)27(7-8-30-20)31(28,29)17-6-2-4-15(12-17)21(24,25)26/h1-6,9-12H,7-8H2. The number of anilines is 1. The summed E-state index contributed by atoms with van der Waals surface area (Å²) in [6, 6.07) is 12.6. The van der Waals surface area contributed by atoms with Gasteiger partial charge in [-0.05, 0) is 53.6 Å². The number of fused-ring (bicyclic) bond motifs is 1. The summed E-state index contributed by atoms with van der Waals surface area (Å²) in [5.41, 5.74) is -0.316. The first-order valence-electron chi connectivity index (χ1n) is 9.00. The van der Waals surface area contributed by atoms with Crippen LogP contribution in [-0.4, -0.2) is 21.6 Å². The highest BCUT2D eigenvalue weighted by atomic mass is 35.5. The molecule has 0 unspecified atom stereocenters. The molecule has 1 aliphatic heterocycles. The van der Waals surface area contributed by atoms with Gasteiger partial charge in [-0.2, -0.15) is 13.2 Å². The third kappa shape index (κ3) is 4.07. The molecule has 4 rings (SSSR count). The van der Waals surface area contributed by atoms with Gasteiger partial charge in [0.05, 0.1) is 22.7 Å². The fourth-order valence-corrected chi connectivity index (χ4v) is 4.98. The summed E-state index contributed by atoms with van der Waals surface area (Å²) in [6.07, 6.45) is -4.71. The number of sulfonamides is 1. The molecule has 0 N–H and O–H groups in total. The van der Waals surface area contributed by atoms with Gasteiger partial charge in [0.2, 0.25) is 0 Å². The molecule has 3 aromatic rings. The van der Waals surface area contributed by atoms with Crippen LogP contribution in [0.4, 0.5) is 23.2 Å². The molecule has 0 bridgehead atoms. The summed E-state index contributed by atoms with van der Waals surface area (Å²) in [7, 11) is -4.42. The Bertz CT molecular complexity index is 1260. The Kier molecular flexibility index (Phi) is 5.35. The summed E-state index contributed by atoms with van der Waals surface area (Å²) < 4.78 is 86.6. The maximum atomic E-state index is 14.8. The first-order valence-corrected chi connectivity index (χ1v) is 10.8. The molecular formula is C21H14ClF4NO3S. The minimum atomic E-state index is -4.71. The van der Waals surface area contributed by atoms with E-state index in [0.717, 1.165) is 22.5 Å². The molecule has 0 saturated carbocycles. The average Bonchev–Trinajstić information content (AvgIpc) is 2.73. The van der Waals surface area contributed by atoms with Crippen molar-refractivity contribution in [3.05, 3.63) is 77.1 Å². The molecule has 0 aromatic heterocycles. The van der Waals surface area contributed by atoms with E-state index in [1.165, 1.54) is 12.1 Å². The normalized spacial score (nSPS) is 14.2. The van der Waals surface area contributed by atoms with E-state index < -0.39 is 32.5 Å². The van der Waals surface area contributed by atoms with Crippen molar-refractivity contribution >= 4 is 27.3 Å². The number of ether oxygens (including phenoxy) is 1. The zero-order chi connectivity index (χ0) is 22.4. The van der Waals surface area contributed by atoms with E-state index in [1.807, 2.05) is 0 Å². The highest BCUT2D eigenvalue weighted by Crippen LogP contribution is 2.41. The monoisotopic (exact) mass is 471 g/mol. The van der Waals surface area contributed by atoms with Crippen LogP contribution in [0.2, 0.25) is 5.02 Å². The quantitative estimate of drug-likeness (QED) is 0.457. The van der Waals surface area contributed by atoms with Crippen LogP contribution in [0, 0.1) is 5.82 Å². The average molecular weight is 472 g/mol. The smallest absolute Gasteiger partial charge is 0.416 e. The number of hydrogen-bond donors (Lipinski definition) is 0. The van der Waals surface area contributed by atoms with Crippen molar-refractivity contribution in [1.29, 1.82) is 0 Å². The molecule has 0 fully saturated rings. The van der Waals surface area contributed by atoms with E-state index in [1.54, 1.807) is 24.3 Å². The van der Waals surface area contributed by atoms with Crippen LogP contribution in [0.25, 0.3) is 11.1 Å². The van der Waals surface area contributed by atoms with Gasteiger partial charge in [0.15, 0.2) is 11.6 Å². The first-order chi connectivity index (χ1) is 14.6. The lowest BCUT2D eigenvalue weighted by Crippen LogP contribution is -2.38. The van der Waals surface area contributed by atoms with Crippen molar-refractivity contribution in [2.24, 2.45) is 0 Å². The van der Waals surface area contributed by atoms with Crippen LogP contribution in [0.5, 0.6) is 5.75 Å². The second kappa shape index (κ2) is 7.72. The number of benzene rings is 3. The SMILES string of the molecule is O=S(=O)(c1cccc(C(F)(F)F)c1)N1CCOc2c(F)cc(-c3cccc(Cl)c3)cc21. The van der Waals surface area contributed by atoms with Crippen molar-refractivity contribution in [1.82, 2.24) is 0 Å². The van der Waals surface area contributed by atoms with Gasteiger partial charge in [-0.25, -0.2) is 12.8 Å². The van der Waals surface area contributed by atoms with Gasteiger partial charge in [-0.1, -0.05) is 29.8 Å². The molecule has 0 saturated heterocycles. The van der Waals surface area contributed by atoms with Crippen molar-refractivity contribution in [3.63, 3.8) is 0 Å². The van der Waals surface area contributed by atoms with E-state index in [0.29, 0.717) is 22.2 Å². The number of hydrogen-bond acceptors (Lipinski definition) is 3. The van der Waals surface area contributed by atoms with Gasteiger partial charge in [-0.15, -0.1) is 0 Å². The van der Waals surface area contributed by atoms with E-state index in [2.05, 4.69) is 0 Å². The van der Waals surface area contributed by atoms with Gasteiger partial charge in [0.1, 0.15) is 6.61 Å². The van der Waals surface area contributed by atoms with E-state index in [-0.39, 0.29) is 24.6 Å². The van der Waals surface area contributed by atoms with Crippen LogP contribution in [0.1, 0.15) is 5.56 Å².